The first-order valence-corrected chi connectivity index (χ1v) is 12.4. The van der Waals surface area contributed by atoms with E-state index in [-0.39, 0.29) is 22.7 Å². The number of nitrogens with zero attached hydrogens (tertiary/aromatic N) is 1. The zero-order valence-corrected chi connectivity index (χ0v) is 20.5. The average molecular weight is 485 g/mol. The number of aryl methyl sites for hydroxylation is 2. The molecule has 0 saturated carbocycles. The van der Waals surface area contributed by atoms with Crippen molar-refractivity contribution < 1.29 is 21.8 Å². The molecule has 0 bridgehead atoms. The van der Waals surface area contributed by atoms with Gasteiger partial charge in [-0.2, -0.15) is 8.42 Å². The quantitative estimate of drug-likeness (QED) is 0.395. The van der Waals surface area contributed by atoms with Crippen molar-refractivity contribution in [3.05, 3.63) is 89.2 Å². The maximum Gasteiger partial charge on any atom is 0.339 e. The van der Waals surface area contributed by atoms with Crippen molar-refractivity contribution in [1.82, 2.24) is 4.90 Å². The van der Waals surface area contributed by atoms with Crippen molar-refractivity contribution in [2.24, 2.45) is 0 Å². The largest absolute Gasteiger partial charge is 0.379 e. The Bertz CT molecular complexity index is 1220. The molecule has 6 nitrogen and oxygen atoms in total. The summed E-state index contributed by atoms with van der Waals surface area (Å²) in [6, 6.07) is 16.6. The second-order valence-corrected chi connectivity index (χ2v) is 9.76. The summed E-state index contributed by atoms with van der Waals surface area (Å²) >= 11 is 0. The number of urea groups is 1. The summed E-state index contributed by atoms with van der Waals surface area (Å²) in [5.74, 6) is -0.404. The SMILES string of the molecule is CCC(C)N(Cc1ccc(OS(=O)(=O)c2ccc(F)cc2)cc1)C(=O)Nc1c(C)cccc1C. The highest BCUT2D eigenvalue weighted by atomic mass is 32.2. The van der Waals surface area contributed by atoms with Crippen LogP contribution < -0.4 is 9.50 Å². The lowest BCUT2D eigenvalue weighted by Gasteiger charge is -2.29. The van der Waals surface area contributed by atoms with Gasteiger partial charge in [-0.3, -0.25) is 0 Å². The predicted octanol–water partition coefficient (Wildman–Crippen LogP) is 6.04. The molecule has 0 spiro atoms. The normalized spacial score (nSPS) is 12.1. The highest BCUT2D eigenvalue weighted by Crippen LogP contribution is 2.23. The van der Waals surface area contributed by atoms with Gasteiger partial charge in [0.2, 0.25) is 0 Å². The Morgan fingerprint density at radius 3 is 2.15 bits per heavy atom. The van der Waals surface area contributed by atoms with Crippen LogP contribution in [0.5, 0.6) is 5.75 Å². The van der Waals surface area contributed by atoms with Crippen LogP contribution >= 0.6 is 0 Å². The van der Waals surface area contributed by atoms with Crippen LogP contribution in [0.2, 0.25) is 0 Å². The van der Waals surface area contributed by atoms with Gasteiger partial charge in [-0.05, 0) is 80.3 Å². The van der Waals surface area contributed by atoms with Gasteiger partial charge in [-0.15, -0.1) is 0 Å². The van der Waals surface area contributed by atoms with Gasteiger partial charge in [-0.25, -0.2) is 9.18 Å². The number of rotatable bonds is 8. The van der Waals surface area contributed by atoms with Crippen molar-refractivity contribution in [2.75, 3.05) is 5.32 Å². The van der Waals surface area contributed by atoms with Crippen molar-refractivity contribution in [1.29, 1.82) is 0 Å². The summed E-state index contributed by atoms with van der Waals surface area (Å²) in [6.07, 6.45) is 0.775. The molecule has 0 aliphatic rings. The number of para-hydroxylation sites is 1. The molecule has 3 rings (SSSR count). The lowest BCUT2D eigenvalue weighted by molar-refractivity contribution is 0.187. The minimum absolute atomic E-state index is 0.0147. The van der Waals surface area contributed by atoms with Gasteiger partial charge in [0.25, 0.3) is 0 Å². The summed E-state index contributed by atoms with van der Waals surface area (Å²) in [7, 11) is -4.08. The molecule has 2 amide bonds. The van der Waals surface area contributed by atoms with Gasteiger partial charge in [-0.1, -0.05) is 37.3 Å². The van der Waals surface area contributed by atoms with E-state index in [1.165, 1.54) is 12.1 Å². The molecule has 0 heterocycles. The molecule has 0 radical (unpaired) electrons. The summed E-state index contributed by atoms with van der Waals surface area (Å²) in [5.41, 5.74) is 3.60. The Balaban J connectivity index is 1.74. The van der Waals surface area contributed by atoms with Crippen LogP contribution in [0.4, 0.5) is 14.9 Å². The van der Waals surface area contributed by atoms with E-state index in [0.717, 1.165) is 53.1 Å². The van der Waals surface area contributed by atoms with Crippen molar-refractivity contribution in [3.8, 4) is 5.75 Å². The fourth-order valence-electron chi connectivity index (χ4n) is 3.46. The number of benzene rings is 3. The first kappa shape index (κ1) is 25.2. The van der Waals surface area contributed by atoms with Gasteiger partial charge in [0.1, 0.15) is 16.5 Å². The first-order chi connectivity index (χ1) is 16.1. The van der Waals surface area contributed by atoms with E-state index in [0.29, 0.717) is 6.54 Å². The molecule has 8 heteroatoms. The maximum absolute atomic E-state index is 13.1. The number of carbonyl (C=O) groups is 1. The van der Waals surface area contributed by atoms with E-state index in [9.17, 15) is 17.6 Å². The third-order valence-corrected chi connectivity index (χ3v) is 6.94. The number of hydrogen-bond donors (Lipinski definition) is 1. The van der Waals surface area contributed by atoms with Gasteiger partial charge >= 0.3 is 16.1 Å². The first-order valence-electron chi connectivity index (χ1n) is 11.0. The molecule has 1 unspecified atom stereocenters. The molecule has 1 N–H and O–H groups in total. The van der Waals surface area contributed by atoms with Crippen LogP contribution in [0.15, 0.2) is 71.6 Å². The average Bonchev–Trinajstić information content (AvgIpc) is 2.80. The molecular weight excluding hydrogens is 455 g/mol. The second-order valence-electron chi connectivity index (χ2n) is 8.22. The lowest BCUT2D eigenvalue weighted by atomic mass is 10.1. The Kier molecular flexibility index (Phi) is 7.94. The van der Waals surface area contributed by atoms with E-state index in [1.54, 1.807) is 17.0 Å². The highest BCUT2D eigenvalue weighted by Gasteiger charge is 2.21. The molecular formula is C26H29FN2O4S. The van der Waals surface area contributed by atoms with Gasteiger partial charge in [0.15, 0.2) is 0 Å². The van der Waals surface area contributed by atoms with E-state index < -0.39 is 15.9 Å². The third-order valence-electron chi connectivity index (χ3n) is 5.68. The number of amides is 2. The van der Waals surface area contributed by atoms with E-state index in [1.807, 2.05) is 45.9 Å². The van der Waals surface area contributed by atoms with E-state index in [2.05, 4.69) is 5.32 Å². The fourth-order valence-corrected chi connectivity index (χ4v) is 4.39. The molecule has 180 valence electrons. The third kappa shape index (κ3) is 6.14. The molecule has 0 saturated heterocycles. The maximum atomic E-state index is 13.1. The molecule has 0 aliphatic carbocycles. The summed E-state index contributed by atoms with van der Waals surface area (Å²) < 4.78 is 43.1. The molecule has 3 aromatic carbocycles. The molecule has 34 heavy (non-hydrogen) atoms. The van der Waals surface area contributed by atoms with E-state index >= 15 is 0 Å². The van der Waals surface area contributed by atoms with Crippen LogP contribution in [-0.2, 0) is 16.7 Å². The summed E-state index contributed by atoms with van der Waals surface area (Å²) in [5, 5.41) is 3.03. The number of carbonyl (C=O) groups excluding carboxylic acids is 1. The number of anilines is 1. The van der Waals surface area contributed by atoms with Crippen LogP contribution in [0, 0.1) is 19.7 Å². The molecule has 0 fully saturated rings. The zero-order chi connectivity index (χ0) is 24.9. The molecule has 1 atom stereocenters. The van der Waals surface area contributed by atoms with Gasteiger partial charge in [0.05, 0.1) is 0 Å². The van der Waals surface area contributed by atoms with Crippen LogP contribution in [-0.4, -0.2) is 25.4 Å². The standard InChI is InChI=1S/C26H29FN2O4S/c1-5-20(4)29(26(30)28-25-18(2)7-6-8-19(25)3)17-21-9-13-23(14-10-21)33-34(31,32)24-15-11-22(27)12-16-24/h6-16,20H,5,17H2,1-4H3,(H,28,30). The molecule has 3 aromatic rings. The van der Waals surface area contributed by atoms with Crippen LogP contribution in [0.1, 0.15) is 37.0 Å². The van der Waals surface area contributed by atoms with E-state index in [4.69, 9.17) is 4.18 Å². The Labute approximate surface area is 200 Å². The van der Waals surface area contributed by atoms with Crippen LogP contribution in [0.3, 0.4) is 0 Å². The second kappa shape index (κ2) is 10.7. The highest BCUT2D eigenvalue weighted by molar-refractivity contribution is 7.87. The smallest absolute Gasteiger partial charge is 0.339 e. The molecule has 0 aromatic heterocycles. The van der Waals surface area contributed by atoms with Gasteiger partial charge < -0.3 is 14.4 Å². The lowest BCUT2D eigenvalue weighted by Crippen LogP contribution is -2.40. The fraction of sp³-hybridized carbons (Fsp3) is 0.269. The zero-order valence-electron chi connectivity index (χ0n) is 19.7. The number of halogens is 1. The minimum atomic E-state index is -4.08. The Hall–Kier alpha value is -3.39. The minimum Gasteiger partial charge on any atom is -0.379 e. The van der Waals surface area contributed by atoms with Crippen molar-refractivity contribution >= 4 is 21.8 Å². The Morgan fingerprint density at radius 2 is 1.59 bits per heavy atom. The topological polar surface area (TPSA) is 75.7 Å². The monoisotopic (exact) mass is 484 g/mol. The van der Waals surface area contributed by atoms with Crippen molar-refractivity contribution in [3.63, 3.8) is 0 Å². The predicted molar refractivity (Wildman–Crippen MR) is 131 cm³/mol. The summed E-state index contributed by atoms with van der Waals surface area (Å²) in [4.78, 5) is 14.8. The van der Waals surface area contributed by atoms with Crippen molar-refractivity contribution in [2.45, 2.75) is 51.6 Å². The molecule has 0 aliphatic heterocycles. The Morgan fingerprint density at radius 1 is 1.00 bits per heavy atom. The number of hydrogen-bond acceptors (Lipinski definition) is 4. The van der Waals surface area contributed by atoms with Gasteiger partial charge in [0, 0.05) is 18.3 Å². The van der Waals surface area contributed by atoms with Crippen LogP contribution in [0.25, 0.3) is 0 Å². The number of nitrogens with one attached hydrogen (secondary N) is 1. The summed E-state index contributed by atoms with van der Waals surface area (Å²) in [6.45, 7) is 8.25.